The minimum atomic E-state index is -0.420. The van der Waals surface area contributed by atoms with Gasteiger partial charge in [-0.05, 0) is 38.0 Å². The van der Waals surface area contributed by atoms with Gasteiger partial charge in [0.2, 0.25) is 0 Å². The molecule has 1 rings (SSSR count). The van der Waals surface area contributed by atoms with E-state index in [1.807, 2.05) is 13.0 Å². The van der Waals surface area contributed by atoms with E-state index in [2.05, 4.69) is 4.74 Å². The highest BCUT2D eigenvalue weighted by Gasteiger charge is 2.15. The Kier molecular flexibility index (Phi) is 6.56. The first-order valence-electron chi connectivity index (χ1n) is 6.62. The van der Waals surface area contributed by atoms with E-state index in [9.17, 15) is 9.59 Å². The van der Waals surface area contributed by atoms with Crippen molar-refractivity contribution < 1.29 is 23.8 Å². The highest BCUT2D eigenvalue weighted by atomic mass is 16.5. The molecule has 0 unspecified atom stereocenters. The summed E-state index contributed by atoms with van der Waals surface area (Å²) in [4.78, 5) is 23.0. The molecule has 0 saturated heterocycles. The number of carbonyl (C=O) groups is 2. The van der Waals surface area contributed by atoms with E-state index in [-0.39, 0.29) is 12.4 Å². The number of hydrogen-bond donors (Lipinski definition) is 0. The molecule has 0 spiro atoms. The van der Waals surface area contributed by atoms with E-state index in [0.29, 0.717) is 30.9 Å². The second-order valence-corrected chi connectivity index (χ2v) is 4.06. The van der Waals surface area contributed by atoms with Gasteiger partial charge in [0.05, 0.1) is 20.3 Å². The fraction of sp³-hybridized carbons (Fsp3) is 0.467. The predicted molar refractivity (Wildman–Crippen MR) is 73.9 cm³/mol. The molecule has 0 aliphatic carbocycles. The highest BCUT2D eigenvalue weighted by Crippen LogP contribution is 2.22. The van der Waals surface area contributed by atoms with Crippen molar-refractivity contribution in [3.05, 3.63) is 29.3 Å². The molecule has 0 bridgehead atoms. The summed E-state index contributed by atoms with van der Waals surface area (Å²) in [5.74, 6) is -0.208. The lowest BCUT2D eigenvalue weighted by atomic mass is 10.1. The van der Waals surface area contributed by atoms with Gasteiger partial charge < -0.3 is 14.2 Å². The highest BCUT2D eigenvalue weighted by molar-refractivity contribution is 5.92. The van der Waals surface area contributed by atoms with E-state index in [0.717, 1.165) is 5.56 Å². The molecule has 0 fully saturated rings. The molecule has 0 amide bonds. The van der Waals surface area contributed by atoms with Crippen LogP contribution in [-0.4, -0.2) is 32.3 Å². The normalized spacial score (nSPS) is 9.95. The molecule has 110 valence electrons. The Balaban J connectivity index is 2.91. The molecule has 0 radical (unpaired) electrons. The number of ether oxygens (including phenoxy) is 3. The molecular formula is C15H20O5. The lowest BCUT2D eigenvalue weighted by Crippen LogP contribution is -2.09. The Bertz CT molecular complexity index is 467. The Hall–Kier alpha value is -2.04. The molecule has 0 N–H and O–H groups in total. The fourth-order valence-corrected chi connectivity index (χ4v) is 1.73. The average Bonchev–Trinajstić information content (AvgIpc) is 2.46. The largest absolute Gasteiger partial charge is 0.493 e. The number of aryl methyl sites for hydroxylation is 1. The Morgan fingerprint density at radius 3 is 2.50 bits per heavy atom. The zero-order chi connectivity index (χ0) is 15.0. The van der Waals surface area contributed by atoms with Gasteiger partial charge in [0.25, 0.3) is 0 Å². The summed E-state index contributed by atoms with van der Waals surface area (Å²) in [5.41, 5.74) is 1.25. The van der Waals surface area contributed by atoms with Crippen LogP contribution in [0.2, 0.25) is 0 Å². The van der Waals surface area contributed by atoms with Crippen LogP contribution in [0, 0.1) is 0 Å². The Morgan fingerprint density at radius 1 is 1.15 bits per heavy atom. The maximum Gasteiger partial charge on any atom is 0.341 e. The number of methoxy groups -OCH3 is 1. The number of rotatable bonds is 7. The standard InChI is InChI=1S/C15H20O5/c1-4-19-13-8-6-11(7-9-14(16)18-3)10-12(13)15(17)20-5-2/h6,8,10H,4-5,7,9H2,1-3H3. The van der Waals surface area contributed by atoms with E-state index in [1.54, 1.807) is 19.1 Å². The summed E-state index contributed by atoms with van der Waals surface area (Å²) in [5, 5.41) is 0. The van der Waals surface area contributed by atoms with Crippen LogP contribution in [0.15, 0.2) is 18.2 Å². The van der Waals surface area contributed by atoms with Crippen LogP contribution < -0.4 is 4.74 Å². The van der Waals surface area contributed by atoms with Gasteiger partial charge in [-0.3, -0.25) is 4.79 Å². The third-order valence-electron chi connectivity index (χ3n) is 2.68. The van der Waals surface area contributed by atoms with Crippen molar-refractivity contribution in [3.8, 4) is 5.75 Å². The second kappa shape index (κ2) is 8.19. The Labute approximate surface area is 118 Å². The van der Waals surface area contributed by atoms with Crippen LogP contribution >= 0.6 is 0 Å². The van der Waals surface area contributed by atoms with Gasteiger partial charge in [-0.15, -0.1) is 0 Å². The minimum absolute atomic E-state index is 0.271. The van der Waals surface area contributed by atoms with Crippen LogP contribution in [0.25, 0.3) is 0 Å². The maximum absolute atomic E-state index is 11.9. The monoisotopic (exact) mass is 280 g/mol. The summed E-state index contributed by atoms with van der Waals surface area (Å²) in [7, 11) is 1.35. The number of esters is 2. The zero-order valence-corrected chi connectivity index (χ0v) is 12.1. The van der Waals surface area contributed by atoms with Crippen LogP contribution in [0.4, 0.5) is 0 Å². The van der Waals surface area contributed by atoms with Crippen molar-refractivity contribution in [2.75, 3.05) is 20.3 Å². The summed E-state index contributed by atoms with van der Waals surface area (Å²) >= 11 is 0. The van der Waals surface area contributed by atoms with Crippen molar-refractivity contribution in [1.29, 1.82) is 0 Å². The smallest absolute Gasteiger partial charge is 0.341 e. The van der Waals surface area contributed by atoms with Gasteiger partial charge in [-0.1, -0.05) is 6.07 Å². The first kappa shape index (κ1) is 16.0. The summed E-state index contributed by atoms with van der Waals surface area (Å²) in [6, 6.07) is 5.25. The van der Waals surface area contributed by atoms with Crippen LogP contribution in [-0.2, 0) is 20.7 Å². The van der Waals surface area contributed by atoms with Crippen LogP contribution in [0.5, 0.6) is 5.75 Å². The summed E-state index contributed by atoms with van der Waals surface area (Å²) in [6.45, 7) is 4.37. The molecule has 1 aromatic carbocycles. The van der Waals surface area contributed by atoms with Crippen molar-refractivity contribution in [2.24, 2.45) is 0 Å². The SMILES string of the molecule is CCOC(=O)c1cc(CCC(=O)OC)ccc1OCC. The molecular weight excluding hydrogens is 260 g/mol. The molecule has 1 aromatic rings. The van der Waals surface area contributed by atoms with E-state index in [4.69, 9.17) is 9.47 Å². The minimum Gasteiger partial charge on any atom is -0.493 e. The van der Waals surface area contributed by atoms with E-state index in [1.165, 1.54) is 7.11 Å². The number of benzene rings is 1. The predicted octanol–water partition coefficient (Wildman–Crippen LogP) is 2.37. The van der Waals surface area contributed by atoms with Gasteiger partial charge >= 0.3 is 11.9 Å². The Morgan fingerprint density at radius 2 is 1.90 bits per heavy atom. The average molecular weight is 280 g/mol. The first-order valence-corrected chi connectivity index (χ1v) is 6.62. The first-order chi connectivity index (χ1) is 9.62. The van der Waals surface area contributed by atoms with Crippen LogP contribution in [0.1, 0.15) is 36.2 Å². The third kappa shape index (κ3) is 4.57. The maximum atomic E-state index is 11.9. The van der Waals surface area contributed by atoms with Gasteiger partial charge in [-0.25, -0.2) is 4.79 Å². The molecule has 5 nitrogen and oxygen atoms in total. The third-order valence-corrected chi connectivity index (χ3v) is 2.68. The quantitative estimate of drug-likeness (QED) is 0.717. The molecule has 0 aliphatic rings. The second-order valence-electron chi connectivity index (χ2n) is 4.06. The van der Waals surface area contributed by atoms with Gasteiger partial charge in [0.15, 0.2) is 0 Å². The topological polar surface area (TPSA) is 61.8 Å². The number of hydrogen-bond acceptors (Lipinski definition) is 5. The van der Waals surface area contributed by atoms with Crippen molar-refractivity contribution in [1.82, 2.24) is 0 Å². The van der Waals surface area contributed by atoms with Crippen molar-refractivity contribution in [3.63, 3.8) is 0 Å². The van der Waals surface area contributed by atoms with Gasteiger partial charge in [-0.2, -0.15) is 0 Å². The summed E-state index contributed by atoms with van der Waals surface area (Å²) < 4.78 is 15.0. The lowest BCUT2D eigenvalue weighted by Gasteiger charge is -2.11. The number of carbonyl (C=O) groups excluding carboxylic acids is 2. The molecule has 20 heavy (non-hydrogen) atoms. The molecule has 0 heterocycles. The molecule has 0 aromatic heterocycles. The molecule has 0 atom stereocenters. The fourth-order valence-electron chi connectivity index (χ4n) is 1.73. The van der Waals surface area contributed by atoms with Crippen molar-refractivity contribution in [2.45, 2.75) is 26.7 Å². The lowest BCUT2D eigenvalue weighted by molar-refractivity contribution is -0.140. The van der Waals surface area contributed by atoms with E-state index < -0.39 is 5.97 Å². The van der Waals surface area contributed by atoms with Crippen LogP contribution in [0.3, 0.4) is 0 Å². The molecule has 0 saturated carbocycles. The summed E-state index contributed by atoms with van der Waals surface area (Å²) in [6.07, 6.45) is 0.776. The van der Waals surface area contributed by atoms with E-state index >= 15 is 0 Å². The van der Waals surface area contributed by atoms with Crippen molar-refractivity contribution >= 4 is 11.9 Å². The molecule has 0 aliphatic heterocycles. The zero-order valence-electron chi connectivity index (χ0n) is 12.1. The molecule has 5 heteroatoms. The van der Waals surface area contributed by atoms with Gasteiger partial charge in [0.1, 0.15) is 11.3 Å². The van der Waals surface area contributed by atoms with Gasteiger partial charge in [0, 0.05) is 6.42 Å².